The highest BCUT2D eigenvalue weighted by Crippen LogP contribution is 2.21. The Morgan fingerprint density at radius 1 is 1.19 bits per heavy atom. The summed E-state index contributed by atoms with van der Waals surface area (Å²) < 4.78 is 6.16. The Hall–Kier alpha value is -1.93. The number of rotatable bonds is 2. The van der Waals surface area contributed by atoms with Gasteiger partial charge >= 0.3 is 6.01 Å². The van der Waals surface area contributed by atoms with Crippen molar-refractivity contribution in [1.82, 2.24) is 9.97 Å². The number of halogens is 1. The van der Waals surface area contributed by atoms with Gasteiger partial charge in [0.2, 0.25) is 0 Å². The lowest BCUT2D eigenvalue weighted by molar-refractivity contribution is 0.440. The first-order valence-corrected chi connectivity index (χ1v) is 5.23. The summed E-state index contributed by atoms with van der Waals surface area (Å²) in [5, 5.41) is 8.86. The van der Waals surface area contributed by atoms with Gasteiger partial charge in [-0.2, -0.15) is 5.26 Å². The number of aromatic nitrogens is 2. The molecule has 4 nitrogen and oxygen atoms in total. The Balaban J connectivity index is 2.27. The molecular formula is C11H6BrN3O. The predicted octanol–water partition coefficient (Wildman–Crippen LogP) is 2.90. The van der Waals surface area contributed by atoms with Gasteiger partial charge in [-0.25, -0.2) is 9.97 Å². The molecule has 0 atom stereocenters. The van der Waals surface area contributed by atoms with Crippen LogP contribution in [0.25, 0.3) is 0 Å². The van der Waals surface area contributed by atoms with E-state index < -0.39 is 0 Å². The molecule has 5 heteroatoms. The van der Waals surface area contributed by atoms with E-state index in [4.69, 9.17) is 10.00 Å². The van der Waals surface area contributed by atoms with Crippen molar-refractivity contribution in [2.45, 2.75) is 0 Å². The van der Waals surface area contributed by atoms with Crippen LogP contribution in [0.5, 0.6) is 11.8 Å². The number of hydrogen-bond acceptors (Lipinski definition) is 4. The van der Waals surface area contributed by atoms with Crippen molar-refractivity contribution in [1.29, 1.82) is 5.26 Å². The van der Waals surface area contributed by atoms with Crippen molar-refractivity contribution in [2.75, 3.05) is 0 Å². The monoisotopic (exact) mass is 275 g/mol. The molecule has 0 N–H and O–H groups in total. The highest BCUT2D eigenvalue weighted by atomic mass is 79.9. The van der Waals surface area contributed by atoms with E-state index in [9.17, 15) is 0 Å². The zero-order valence-corrected chi connectivity index (χ0v) is 9.68. The molecular weight excluding hydrogens is 270 g/mol. The molecule has 0 amide bonds. The molecule has 1 heterocycles. The minimum atomic E-state index is 0.214. The summed E-state index contributed by atoms with van der Waals surface area (Å²) in [7, 11) is 0. The third-order valence-electron chi connectivity index (χ3n) is 1.81. The zero-order valence-electron chi connectivity index (χ0n) is 8.09. The first kappa shape index (κ1) is 10.6. The molecule has 0 radical (unpaired) electrons. The van der Waals surface area contributed by atoms with Gasteiger partial charge in [0.05, 0.1) is 10.0 Å². The summed E-state index contributed by atoms with van der Waals surface area (Å²) in [6.07, 6.45) is 3.16. The van der Waals surface area contributed by atoms with E-state index in [-0.39, 0.29) is 6.01 Å². The van der Waals surface area contributed by atoms with Gasteiger partial charge < -0.3 is 4.74 Å². The number of nitrogens with zero attached hydrogens (tertiary/aromatic N) is 3. The second-order valence-electron chi connectivity index (χ2n) is 2.89. The fraction of sp³-hybridized carbons (Fsp3) is 0. The fourth-order valence-electron chi connectivity index (χ4n) is 1.10. The fourth-order valence-corrected chi connectivity index (χ4v) is 1.30. The topological polar surface area (TPSA) is 58.8 Å². The molecule has 1 aromatic heterocycles. The van der Waals surface area contributed by atoms with E-state index in [1.165, 1.54) is 0 Å². The average molecular weight is 276 g/mol. The summed E-state index contributed by atoms with van der Waals surface area (Å²) >= 11 is 3.23. The summed E-state index contributed by atoms with van der Waals surface area (Å²) in [5.41, 5.74) is 0.453. The summed E-state index contributed by atoms with van der Waals surface area (Å²) in [4.78, 5) is 7.92. The molecule has 0 spiro atoms. The molecule has 0 saturated heterocycles. The molecule has 0 aliphatic heterocycles. The van der Waals surface area contributed by atoms with E-state index in [0.29, 0.717) is 11.3 Å². The minimum absolute atomic E-state index is 0.214. The Bertz CT molecular complexity index is 534. The number of hydrogen-bond donors (Lipinski definition) is 0. The van der Waals surface area contributed by atoms with Gasteiger partial charge in [0, 0.05) is 12.4 Å². The molecule has 16 heavy (non-hydrogen) atoms. The normalized spacial score (nSPS) is 9.50. The Morgan fingerprint density at radius 2 is 1.88 bits per heavy atom. The molecule has 2 rings (SSSR count). The first-order chi connectivity index (χ1) is 7.79. The van der Waals surface area contributed by atoms with Gasteiger partial charge in [0.25, 0.3) is 0 Å². The van der Waals surface area contributed by atoms with Crippen molar-refractivity contribution in [2.24, 2.45) is 0 Å². The van der Waals surface area contributed by atoms with Crippen LogP contribution in [0.4, 0.5) is 0 Å². The second kappa shape index (κ2) is 4.73. The summed E-state index contributed by atoms with van der Waals surface area (Å²) in [5.74, 6) is 0.451. The maximum absolute atomic E-state index is 8.86. The molecule has 0 aliphatic rings. The lowest BCUT2D eigenvalue weighted by atomic mass is 10.2. The summed E-state index contributed by atoms with van der Waals surface area (Å²) in [6.45, 7) is 0. The van der Waals surface area contributed by atoms with Crippen LogP contribution in [0.2, 0.25) is 0 Å². The van der Waals surface area contributed by atoms with Gasteiger partial charge in [0.1, 0.15) is 11.8 Å². The van der Waals surface area contributed by atoms with Crippen molar-refractivity contribution < 1.29 is 4.74 Å². The quantitative estimate of drug-likeness (QED) is 0.846. The maximum Gasteiger partial charge on any atom is 0.321 e. The molecule has 0 saturated carbocycles. The zero-order chi connectivity index (χ0) is 11.4. The van der Waals surface area contributed by atoms with Gasteiger partial charge in [-0.15, -0.1) is 0 Å². The van der Waals surface area contributed by atoms with Crippen molar-refractivity contribution in [3.8, 4) is 17.8 Å². The van der Waals surface area contributed by atoms with Crippen LogP contribution in [-0.2, 0) is 0 Å². The molecule has 0 aliphatic carbocycles. The lowest BCUT2D eigenvalue weighted by Gasteiger charge is -2.04. The average Bonchev–Trinajstić information content (AvgIpc) is 2.33. The summed E-state index contributed by atoms with van der Waals surface area (Å²) in [6, 6.07) is 9.18. The molecule has 0 fully saturated rings. The van der Waals surface area contributed by atoms with Gasteiger partial charge in [-0.1, -0.05) is 12.1 Å². The molecule has 1 aromatic carbocycles. The number of nitriles is 1. The van der Waals surface area contributed by atoms with E-state index >= 15 is 0 Å². The van der Waals surface area contributed by atoms with E-state index in [1.54, 1.807) is 36.7 Å². The predicted molar refractivity (Wildman–Crippen MR) is 61.0 cm³/mol. The largest absolute Gasteiger partial charge is 0.423 e. The number of benzene rings is 1. The van der Waals surface area contributed by atoms with Gasteiger partial charge in [-0.05, 0) is 28.1 Å². The van der Waals surface area contributed by atoms with Crippen LogP contribution < -0.4 is 4.74 Å². The molecule has 2 aromatic rings. The van der Waals surface area contributed by atoms with Crippen molar-refractivity contribution in [3.63, 3.8) is 0 Å². The van der Waals surface area contributed by atoms with Gasteiger partial charge in [0.15, 0.2) is 0 Å². The van der Waals surface area contributed by atoms with E-state index in [0.717, 1.165) is 4.47 Å². The van der Waals surface area contributed by atoms with Crippen LogP contribution in [0.15, 0.2) is 41.1 Å². The standard InChI is InChI=1S/C11H6BrN3O/c12-9-6-14-11(15-7-9)16-10-4-2-1-3-8(10)5-13/h1-4,6-7H. The smallest absolute Gasteiger partial charge is 0.321 e. The third-order valence-corrected chi connectivity index (χ3v) is 2.21. The van der Waals surface area contributed by atoms with Crippen LogP contribution in [0.1, 0.15) is 5.56 Å². The number of para-hydroxylation sites is 1. The minimum Gasteiger partial charge on any atom is -0.423 e. The highest BCUT2D eigenvalue weighted by Gasteiger charge is 2.04. The maximum atomic E-state index is 8.86. The van der Waals surface area contributed by atoms with Crippen LogP contribution in [0, 0.1) is 11.3 Å². The van der Waals surface area contributed by atoms with Crippen LogP contribution in [0.3, 0.4) is 0 Å². The lowest BCUT2D eigenvalue weighted by Crippen LogP contribution is -1.92. The second-order valence-corrected chi connectivity index (χ2v) is 3.81. The SMILES string of the molecule is N#Cc1ccccc1Oc1ncc(Br)cn1. The van der Waals surface area contributed by atoms with E-state index in [1.807, 2.05) is 6.07 Å². The Morgan fingerprint density at radius 3 is 2.56 bits per heavy atom. The molecule has 0 bridgehead atoms. The third kappa shape index (κ3) is 2.35. The van der Waals surface area contributed by atoms with Crippen LogP contribution >= 0.6 is 15.9 Å². The highest BCUT2D eigenvalue weighted by molar-refractivity contribution is 9.10. The molecule has 0 unspecified atom stereocenters. The number of ether oxygens (including phenoxy) is 1. The molecule has 78 valence electrons. The Kier molecular flexibility index (Phi) is 3.13. The van der Waals surface area contributed by atoms with Gasteiger partial charge in [-0.3, -0.25) is 0 Å². The van der Waals surface area contributed by atoms with Crippen molar-refractivity contribution in [3.05, 3.63) is 46.7 Å². The van der Waals surface area contributed by atoms with Crippen molar-refractivity contribution >= 4 is 15.9 Å². The Labute approximate surface area is 101 Å². The first-order valence-electron chi connectivity index (χ1n) is 4.44. The van der Waals surface area contributed by atoms with Crippen LogP contribution in [-0.4, -0.2) is 9.97 Å². The van der Waals surface area contributed by atoms with E-state index in [2.05, 4.69) is 25.9 Å².